The molecule has 0 unspecified atom stereocenters. The van der Waals surface area contributed by atoms with Gasteiger partial charge in [-0.25, -0.2) is 0 Å². The lowest BCUT2D eigenvalue weighted by atomic mass is 10.1. The van der Waals surface area contributed by atoms with Crippen LogP contribution in [0.3, 0.4) is 0 Å². The lowest BCUT2D eigenvalue weighted by Gasteiger charge is -2.22. The van der Waals surface area contributed by atoms with E-state index in [0.717, 1.165) is 6.42 Å². The first-order valence-corrected chi connectivity index (χ1v) is 7.68. The third kappa shape index (κ3) is 4.78. The normalized spacial score (nSPS) is 10.0. The van der Waals surface area contributed by atoms with Gasteiger partial charge in [0.15, 0.2) is 11.5 Å². The molecule has 1 rings (SSSR count). The summed E-state index contributed by atoms with van der Waals surface area (Å²) in [5.41, 5.74) is 0.405. The summed E-state index contributed by atoms with van der Waals surface area (Å²) in [4.78, 5) is 25.7. The molecule has 1 amide bonds. The molecule has 24 heavy (non-hydrogen) atoms. The van der Waals surface area contributed by atoms with E-state index in [1.165, 1.54) is 28.4 Å². The fourth-order valence-corrected chi connectivity index (χ4v) is 2.30. The van der Waals surface area contributed by atoms with Crippen LogP contribution >= 0.6 is 0 Å². The van der Waals surface area contributed by atoms with Gasteiger partial charge in [-0.05, 0) is 18.6 Å². The number of benzene rings is 1. The zero-order chi connectivity index (χ0) is 18.1. The molecule has 0 fully saturated rings. The van der Waals surface area contributed by atoms with Gasteiger partial charge in [0.05, 0.1) is 34.9 Å². The number of esters is 1. The summed E-state index contributed by atoms with van der Waals surface area (Å²) in [5.74, 6) is 0.677. The lowest BCUT2D eigenvalue weighted by molar-refractivity contribution is -0.140. The van der Waals surface area contributed by atoms with Crippen LogP contribution in [0.15, 0.2) is 12.1 Å². The van der Waals surface area contributed by atoms with Crippen LogP contribution in [0.1, 0.15) is 30.1 Å². The number of hydrogen-bond acceptors (Lipinski definition) is 6. The lowest BCUT2D eigenvalue weighted by Crippen LogP contribution is -2.34. The minimum absolute atomic E-state index is 0.146. The number of nitrogens with zero attached hydrogens (tertiary/aromatic N) is 1. The molecule has 0 bridgehead atoms. The standard InChI is InChI=1S/C17H25NO6/c1-6-8-18(9-7-15(19)23-4)17(20)12-10-13(21-2)16(24-5)14(11-12)22-3/h10-11H,6-9H2,1-5H3. The summed E-state index contributed by atoms with van der Waals surface area (Å²) < 4.78 is 20.4. The van der Waals surface area contributed by atoms with Crippen molar-refractivity contribution in [3.05, 3.63) is 17.7 Å². The Morgan fingerprint density at radius 2 is 1.54 bits per heavy atom. The predicted molar refractivity (Wildman–Crippen MR) is 88.9 cm³/mol. The molecule has 0 atom stereocenters. The maximum atomic E-state index is 12.8. The molecular formula is C17H25NO6. The van der Waals surface area contributed by atoms with Gasteiger partial charge >= 0.3 is 5.97 Å². The van der Waals surface area contributed by atoms with Crippen LogP contribution in [0.4, 0.5) is 0 Å². The molecule has 0 heterocycles. The largest absolute Gasteiger partial charge is 0.493 e. The highest BCUT2D eigenvalue weighted by Crippen LogP contribution is 2.38. The Morgan fingerprint density at radius 3 is 1.96 bits per heavy atom. The number of carbonyl (C=O) groups is 2. The molecule has 0 saturated carbocycles. The molecule has 0 radical (unpaired) electrons. The van der Waals surface area contributed by atoms with E-state index in [4.69, 9.17) is 14.2 Å². The average molecular weight is 339 g/mol. The van der Waals surface area contributed by atoms with E-state index in [2.05, 4.69) is 4.74 Å². The van der Waals surface area contributed by atoms with Crippen molar-refractivity contribution >= 4 is 11.9 Å². The maximum absolute atomic E-state index is 12.8. The zero-order valence-corrected chi connectivity index (χ0v) is 14.9. The number of ether oxygens (including phenoxy) is 4. The number of carbonyl (C=O) groups excluding carboxylic acids is 2. The average Bonchev–Trinajstić information content (AvgIpc) is 2.62. The van der Waals surface area contributed by atoms with E-state index >= 15 is 0 Å². The van der Waals surface area contributed by atoms with Crippen LogP contribution in [0.25, 0.3) is 0 Å². The highest BCUT2D eigenvalue weighted by molar-refractivity contribution is 5.95. The van der Waals surface area contributed by atoms with Crippen molar-refractivity contribution in [3.63, 3.8) is 0 Å². The highest BCUT2D eigenvalue weighted by Gasteiger charge is 2.21. The van der Waals surface area contributed by atoms with Crippen LogP contribution < -0.4 is 14.2 Å². The first kappa shape index (κ1) is 19.6. The van der Waals surface area contributed by atoms with Gasteiger partial charge in [0, 0.05) is 18.7 Å². The van der Waals surface area contributed by atoms with Crippen LogP contribution in [0, 0.1) is 0 Å². The van der Waals surface area contributed by atoms with Crippen molar-refractivity contribution in [2.45, 2.75) is 19.8 Å². The van der Waals surface area contributed by atoms with Gasteiger partial charge in [0.1, 0.15) is 0 Å². The third-order valence-corrected chi connectivity index (χ3v) is 3.51. The summed E-state index contributed by atoms with van der Waals surface area (Å²) in [6.45, 7) is 2.79. The first-order chi connectivity index (χ1) is 11.5. The summed E-state index contributed by atoms with van der Waals surface area (Å²) in [7, 11) is 5.81. The minimum Gasteiger partial charge on any atom is -0.493 e. The molecule has 7 nitrogen and oxygen atoms in total. The van der Waals surface area contributed by atoms with E-state index in [-0.39, 0.29) is 24.8 Å². The first-order valence-electron chi connectivity index (χ1n) is 7.68. The van der Waals surface area contributed by atoms with Gasteiger partial charge in [0.25, 0.3) is 5.91 Å². The second-order valence-electron chi connectivity index (χ2n) is 5.03. The molecule has 0 aliphatic carbocycles. The molecule has 0 saturated heterocycles. The Bertz CT molecular complexity index is 547. The van der Waals surface area contributed by atoms with Gasteiger partial charge in [-0.2, -0.15) is 0 Å². The van der Waals surface area contributed by atoms with Crippen LogP contribution in [0.5, 0.6) is 17.2 Å². The molecule has 0 N–H and O–H groups in total. The van der Waals surface area contributed by atoms with Crippen molar-refractivity contribution in [2.24, 2.45) is 0 Å². The number of amides is 1. The molecule has 1 aromatic rings. The SMILES string of the molecule is CCCN(CCC(=O)OC)C(=O)c1cc(OC)c(OC)c(OC)c1. The molecule has 0 spiro atoms. The van der Waals surface area contributed by atoms with Gasteiger partial charge in [-0.3, -0.25) is 9.59 Å². The number of methoxy groups -OCH3 is 4. The molecule has 0 aliphatic heterocycles. The van der Waals surface area contributed by atoms with Crippen LogP contribution in [-0.2, 0) is 9.53 Å². The van der Waals surface area contributed by atoms with Crippen molar-refractivity contribution < 1.29 is 28.5 Å². The Labute approximate surface area is 142 Å². The van der Waals surface area contributed by atoms with E-state index < -0.39 is 0 Å². The predicted octanol–water partition coefficient (Wildman–Crippen LogP) is 2.13. The van der Waals surface area contributed by atoms with E-state index in [9.17, 15) is 9.59 Å². The quantitative estimate of drug-likeness (QED) is 0.642. The molecule has 0 aliphatic rings. The summed E-state index contributed by atoms with van der Waals surface area (Å²) in [6.07, 6.45) is 0.921. The summed E-state index contributed by atoms with van der Waals surface area (Å²) in [6, 6.07) is 3.20. The Morgan fingerprint density at radius 1 is 0.958 bits per heavy atom. The van der Waals surface area contributed by atoms with Crippen molar-refractivity contribution in [2.75, 3.05) is 41.5 Å². The van der Waals surface area contributed by atoms with Crippen LogP contribution in [-0.4, -0.2) is 58.3 Å². The molecule has 134 valence electrons. The Kier molecular flexibility index (Phi) is 7.88. The second-order valence-corrected chi connectivity index (χ2v) is 5.03. The topological polar surface area (TPSA) is 74.3 Å². The van der Waals surface area contributed by atoms with Gasteiger partial charge < -0.3 is 23.8 Å². The molecule has 1 aromatic carbocycles. The van der Waals surface area contributed by atoms with Gasteiger partial charge in [-0.15, -0.1) is 0 Å². The Balaban J connectivity index is 3.11. The molecule has 7 heteroatoms. The van der Waals surface area contributed by atoms with Crippen molar-refractivity contribution in [3.8, 4) is 17.2 Å². The van der Waals surface area contributed by atoms with Crippen molar-refractivity contribution in [1.29, 1.82) is 0 Å². The number of rotatable bonds is 9. The number of hydrogen-bond donors (Lipinski definition) is 0. The third-order valence-electron chi connectivity index (χ3n) is 3.51. The van der Waals surface area contributed by atoms with E-state index in [1.807, 2.05) is 6.92 Å². The fraction of sp³-hybridized carbons (Fsp3) is 0.529. The van der Waals surface area contributed by atoms with E-state index in [0.29, 0.717) is 29.4 Å². The fourth-order valence-electron chi connectivity index (χ4n) is 2.30. The molecular weight excluding hydrogens is 314 g/mol. The van der Waals surface area contributed by atoms with Gasteiger partial charge in [0.2, 0.25) is 5.75 Å². The van der Waals surface area contributed by atoms with Gasteiger partial charge in [-0.1, -0.05) is 6.92 Å². The Hall–Kier alpha value is -2.44. The molecule has 0 aromatic heterocycles. The highest BCUT2D eigenvalue weighted by atomic mass is 16.5. The zero-order valence-electron chi connectivity index (χ0n) is 14.9. The summed E-state index contributed by atoms with van der Waals surface area (Å²) in [5, 5.41) is 0. The maximum Gasteiger partial charge on any atom is 0.307 e. The van der Waals surface area contributed by atoms with E-state index in [1.54, 1.807) is 17.0 Å². The smallest absolute Gasteiger partial charge is 0.307 e. The summed E-state index contributed by atoms with van der Waals surface area (Å²) >= 11 is 0. The van der Waals surface area contributed by atoms with Crippen LogP contribution in [0.2, 0.25) is 0 Å². The minimum atomic E-state index is -0.353. The second kappa shape index (κ2) is 9.64. The van der Waals surface area contributed by atoms with Crippen molar-refractivity contribution in [1.82, 2.24) is 4.90 Å². The monoisotopic (exact) mass is 339 g/mol.